The molecule has 0 aliphatic carbocycles. The fraction of sp³-hybridized carbons (Fsp3) is 0.385. The Morgan fingerprint density at radius 3 is 2.89 bits per heavy atom. The van der Waals surface area contributed by atoms with Gasteiger partial charge in [0, 0.05) is 19.3 Å². The highest BCUT2D eigenvalue weighted by atomic mass is 16.5. The number of carbonyl (C=O) groups excluding carboxylic acids is 2. The minimum absolute atomic E-state index is 0.226. The first-order valence-corrected chi connectivity index (χ1v) is 5.89. The molecule has 6 nitrogen and oxygen atoms in total. The maximum Gasteiger partial charge on any atom is 0.310 e. The molecule has 19 heavy (non-hydrogen) atoms. The summed E-state index contributed by atoms with van der Waals surface area (Å²) in [5, 5.41) is 8.66. The lowest BCUT2D eigenvalue weighted by Gasteiger charge is -2.15. The van der Waals surface area contributed by atoms with E-state index in [0.717, 1.165) is 0 Å². The highest BCUT2D eigenvalue weighted by Gasteiger charge is 2.32. The Labute approximate surface area is 110 Å². The first-order valence-electron chi connectivity index (χ1n) is 5.89. The normalized spacial score (nSPS) is 17.9. The van der Waals surface area contributed by atoms with Crippen LogP contribution in [0, 0.1) is 17.2 Å². The molecular weight excluding hydrogens is 246 g/mol. The van der Waals surface area contributed by atoms with Crippen LogP contribution in [0.15, 0.2) is 18.3 Å². The first-order chi connectivity index (χ1) is 9.15. The van der Waals surface area contributed by atoms with E-state index in [1.165, 1.54) is 19.4 Å². The number of esters is 1. The topological polar surface area (TPSA) is 83.3 Å². The van der Waals surface area contributed by atoms with Crippen molar-refractivity contribution in [2.24, 2.45) is 5.92 Å². The Balaban J connectivity index is 2.05. The molecule has 0 radical (unpaired) electrons. The summed E-state index contributed by atoms with van der Waals surface area (Å²) in [5.74, 6) is -0.772. The Kier molecular flexibility index (Phi) is 3.76. The van der Waals surface area contributed by atoms with Gasteiger partial charge in [-0.05, 0) is 18.6 Å². The van der Waals surface area contributed by atoms with Crippen molar-refractivity contribution < 1.29 is 14.3 Å². The fourth-order valence-electron chi connectivity index (χ4n) is 2.05. The summed E-state index contributed by atoms with van der Waals surface area (Å²) in [6.07, 6.45) is 1.97. The van der Waals surface area contributed by atoms with Gasteiger partial charge in [-0.1, -0.05) is 0 Å². The van der Waals surface area contributed by atoms with Crippen LogP contribution in [0.1, 0.15) is 22.5 Å². The Hall–Kier alpha value is -2.42. The van der Waals surface area contributed by atoms with Crippen LogP contribution < -0.4 is 0 Å². The number of hydrogen-bond donors (Lipinski definition) is 0. The predicted molar refractivity (Wildman–Crippen MR) is 65.0 cm³/mol. The van der Waals surface area contributed by atoms with Crippen molar-refractivity contribution >= 4 is 11.9 Å². The number of likely N-dealkylation sites (tertiary alicyclic amines) is 1. The molecule has 0 N–H and O–H groups in total. The summed E-state index contributed by atoms with van der Waals surface area (Å²) >= 11 is 0. The molecule has 0 spiro atoms. The first kappa shape index (κ1) is 13.0. The summed E-state index contributed by atoms with van der Waals surface area (Å²) in [6.45, 7) is 0.869. The zero-order valence-corrected chi connectivity index (χ0v) is 10.5. The molecule has 1 unspecified atom stereocenters. The number of ether oxygens (including phenoxy) is 1. The molecule has 1 fully saturated rings. The lowest BCUT2D eigenvalue weighted by molar-refractivity contribution is -0.144. The minimum atomic E-state index is -0.289. The maximum absolute atomic E-state index is 12.1. The van der Waals surface area contributed by atoms with E-state index in [1.54, 1.807) is 11.0 Å². The van der Waals surface area contributed by atoms with Crippen molar-refractivity contribution in [1.29, 1.82) is 5.26 Å². The average Bonchev–Trinajstić information content (AvgIpc) is 2.95. The standard InChI is InChI=1S/C13H13N3O3/c1-19-13(18)10-4-5-16(8-10)12(17)11-3-2-9(6-14)7-15-11/h2-3,7,10H,4-5,8H2,1H3. The molecule has 1 atom stereocenters. The smallest absolute Gasteiger partial charge is 0.310 e. The summed E-state index contributed by atoms with van der Waals surface area (Å²) in [7, 11) is 1.34. The highest BCUT2D eigenvalue weighted by Crippen LogP contribution is 2.19. The van der Waals surface area contributed by atoms with Crippen molar-refractivity contribution in [2.45, 2.75) is 6.42 Å². The minimum Gasteiger partial charge on any atom is -0.469 e. The number of pyridine rings is 1. The van der Waals surface area contributed by atoms with E-state index in [-0.39, 0.29) is 23.5 Å². The van der Waals surface area contributed by atoms with E-state index in [4.69, 9.17) is 5.26 Å². The molecule has 1 amide bonds. The number of nitrogens with zero attached hydrogens (tertiary/aromatic N) is 3. The van der Waals surface area contributed by atoms with Crippen molar-refractivity contribution in [3.8, 4) is 6.07 Å². The number of hydrogen-bond acceptors (Lipinski definition) is 5. The van der Waals surface area contributed by atoms with Gasteiger partial charge in [-0.25, -0.2) is 4.98 Å². The number of rotatable bonds is 2. The number of carbonyl (C=O) groups is 2. The van der Waals surface area contributed by atoms with Crippen LogP contribution in [0.4, 0.5) is 0 Å². The second kappa shape index (κ2) is 5.48. The van der Waals surface area contributed by atoms with E-state index in [2.05, 4.69) is 9.72 Å². The van der Waals surface area contributed by atoms with Crippen LogP contribution in [0.25, 0.3) is 0 Å². The van der Waals surface area contributed by atoms with Crippen LogP contribution in [-0.4, -0.2) is 42.0 Å². The highest BCUT2D eigenvalue weighted by molar-refractivity contribution is 5.93. The molecule has 2 heterocycles. The van der Waals surface area contributed by atoms with Gasteiger partial charge in [0.1, 0.15) is 11.8 Å². The zero-order valence-electron chi connectivity index (χ0n) is 10.5. The molecule has 1 aliphatic rings. The van der Waals surface area contributed by atoms with Gasteiger partial charge >= 0.3 is 5.97 Å². The van der Waals surface area contributed by atoms with Gasteiger partial charge < -0.3 is 9.64 Å². The van der Waals surface area contributed by atoms with Crippen LogP contribution >= 0.6 is 0 Å². The molecule has 0 saturated carbocycles. The Morgan fingerprint density at radius 2 is 2.32 bits per heavy atom. The summed E-state index contributed by atoms with van der Waals surface area (Å²) in [4.78, 5) is 29.1. The van der Waals surface area contributed by atoms with Crippen molar-refractivity contribution in [2.75, 3.05) is 20.2 Å². The summed E-state index contributed by atoms with van der Waals surface area (Å²) < 4.78 is 4.67. The molecule has 2 rings (SSSR count). The fourth-order valence-corrected chi connectivity index (χ4v) is 2.05. The van der Waals surface area contributed by atoms with Gasteiger partial charge in [0.25, 0.3) is 5.91 Å². The molecule has 98 valence electrons. The molecule has 0 aromatic carbocycles. The number of aromatic nitrogens is 1. The number of nitriles is 1. The predicted octanol–water partition coefficient (Wildman–Crippen LogP) is 0.588. The van der Waals surface area contributed by atoms with Crippen LogP contribution in [0.3, 0.4) is 0 Å². The van der Waals surface area contributed by atoms with Gasteiger partial charge in [-0.3, -0.25) is 9.59 Å². The van der Waals surface area contributed by atoms with Crippen LogP contribution in [-0.2, 0) is 9.53 Å². The second-order valence-corrected chi connectivity index (χ2v) is 4.30. The maximum atomic E-state index is 12.1. The second-order valence-electron chi connectivity index (χ2n) is 4.30. The molecule has 1 aliphatic heterocycles. The molecule has 1 aromatic rings. The molecular formula is C13H13N3O3. The van der Waals surface area contributed by atoms with Crippen molar-refractivity contribution in [1.82, 2.24) is 9.88 Å². The van der Waals surface area contributed by atoms with Gasteiger partial charge in [0.2, 0.25) is 0 Å². The SMILES string of the molecule is COC(=O)C1CCN(C(=O)c2ccc(C#N)cn2)C1. The number of amides is 1. The van der Waals surface area contributed by atoms with E-state index in [1.807, 2.05) is 6.07 Å². The number of methoxy groups -OCH3 is 1. The lowest BCUT2D eigenvalue weighted by Crippen LogP contribution is -2.30. The molecule has 0 bridgehead atoms. The van der Waals surface area contributed by atoms with Crippen molar-refractivity contribution in [3.05, 3.63) is 29.6 Å². The van der Waals surface area contributed by atoms with E-state index >= 15 is 0 Å². The van der Waals surface area contributed by atoms with E-state index in [0.29, 0.717) is 25.1 Å². The van der Waals surface area contributed by atoms with E-state index < -0.39 is 0 Å². The van der Waals surface area contributed by atoms with E-state index in [9.17, 15) is 9.59 Å². The Morgan fingerprint density at radius 1 is 1.53 bits per heavy atom. The lowest BCUT2D eigenvalue weighted by atomic mass is 10.1. The molecule has 6 heteroatoms. The zero-order chi connectivity index (χ0) is 13.8. The third-order valence-corrected chi connectivity index (χ3v) is 3.12. The van der Waals surface area contributed by atoms with Crippen molar-refractivity contribution in [3.63, 3.8) is 0 Å². The van der Waals surface area contributed by atoms with Gasteiger partial charge in [0.05, 0.1) is 18.6 Å². The monoisotopic (exact) mass is 259 g/mol. The van der Waals surface area contributed by atoms with Gasteiger partial charge in [0.15, 0.2) is 0 Å². The molecule has 1 aromatic heterocycles. The Bertz CT molecular complexity index is 533. The largest absolute Gasteiger partial charge is 0.469 e. The molecule has 1 saturated heterocycles. The van der Waals surface area contributed by atoms with Crippen LogP contribution in [0.5, 0.6) is 0 Å². The summed E-state index contributed by atoms with van der Waals surface area (Å²) in [6, 6.07) is 5.01. The third kappa shape index (κ3) is 2.71. The van der Waals surface area contributed by atoms with Gasteiger partial charge in [-0.15, -0.1) is 0 Å². The van der Waals surface area contributed by atoms with Gasteiger partial charge in [-0.2, -0.15) is 5.26 Å². The quantitative estimate of drug-likeness (QED) is 0.726. The summed E-state index contributed by atoms with van der Waals surface area (Å²) in [5.41, 5.74) is 0.690. The van der Waals surface area contributed by atoms with Crippen LogP contribution in [0.2, 0.25) is 0 Å². The average molecular weight is 259 g/mol. The third-order valence-electron chi connectivity index (χ3n) is 3.12.